The highest BCUT2D eigenvalue weighted by molar-refractivity contribution is 4.70. The van der Waals surface area contributed by atoms with E-state index in [0.717, 1.165) is 6.04 Å². The topological polar surface area (TPSA) is 3.24 Å². The second-order valence-electron chi connectivity index (χ2n) is 3.18. The molecule has 0 bridgehead atoms. The number of nitrogens with zero attached hydrogens (tertiary/aromatic N) is 1. The Labute approximate surface area is 65.4 Å². The summed E-state index contributed by atoms with van der Waals surface area (Å²) in [4.78, 5) is 2.40. The molecule has 0 aromatic heterocycles. The minimum absolute atomic E-state index is 0.847. The van der Waals surface area contributed by atoms with Crippen molar-refractivity contribution >= 4 is 0 Å². The Balaban J connectivity index is 0.000000236. The van der Waals surface area contributed by atoms with Crippen LogP contribution in [0.25, 0.3) is 0 Å². The fourth-order valence-electron chi connectivity index (χ4n) is 1.08. The summed E-state index contributed by atoms with van der Waals surface area (Å²) in [7, 11) is 2.19. The first kappa shape index (κ1) is 9.96. The van der Waals surface area contributed by atoms with Gasteiger partial charge in [0.1, 0.15) is 0 Å². The third-order valence-electron chi connectivity index (χ3n) is 1.89. The molecule has 1 fully saturated rings. The number of likely N-dealkylation sites (tertiary alicyclic amines) is 1. The molecule has 1 saturated heterocycles. The lowest BCUT2D eigenvalue weighted by atomic mass is 10.3. The van der Waals surface area contributed by atoms with Crippen LogP contribution < -0.4 is 0 Å². The summed E-state index contributed by atoms with van der Waals surface area (Å²) in [6.07, 6.45) is 4.05. The Hall–Kier alpha value is -0.0400. The second kappa shape index (κ2) is 5.72. The Morgan fingerprint density at radius 1 is 1.40 bits per heavy atom. The van der Waals surface area contributed by atoms with Gasteiger partial charge in [-0.25, -0.2) is 0 Å². The van der Waals surface area contributed by atoms with Crippen LogP contribution in [-0.4, -0.2) is 24.5 Å². The molecule has 1 nitrogen and oxygen atoms in total. The zero-order valence-corrected chi connectivity index (χ0v) is 7.85. The molecular weight excluding hydrogens is 122 g/mol. The summed E-state index contributed by atoms with van der Waals surface area (Å²) in [6.45, 7) is 7.84. The van der Waals surface area contributed by atoms with Gasteiger partial charge in [-0.15, -0.1) is 0 Å². The van der Waals surface area contributed by atoms with Crippen LogP contribution in [0.15, 0.2) is 0 Å². The summed E-state index contributed by atoms with van der Waals surface area (Å²) in [5, 5.41) is 0. The van der Waals surface area contributed by atoms with E-state index in [4.69, 9.17) is 0 Å². The van der Waals surface area contributed by atoms with Gasteiger partial charge in [-0.2, -0.15) is 0 Å². The van der Waals surface area contributed by atoms with Crippen molar-refractivity contribution < 1.29 is 0 Å². The van der Waals surface area contributed by atoms with Gasteiger partial charge in [0, 0.05) is 6.04 Å². The zero-order valence-electron chi connectivity index (χ0n) is 7.85. The molecule has 0 N–H and O–H groups in total. The van der Waals surface area contributed by atoms with Crippen LogP contribution in [0.1, 0.15) is 40.0 Å². The smallest absolute Gasteiger partial charge is 0.00643 e. The Morgan fingerprint density at radius 3 is 2.00 bits per heavy atom. The first-order valence-corrected chi connectivity index (χ1v) is 4.42. The standard InChI is InChI=1S/C6H13N.C3H8/c1-6-4-3-5-7(6)2;1-3-2/h6H,3-5H2,1-2H3;3H2,1-2H3/t6-;/m1./s1. The summed E-state index contributed by atoms with van der Waals surface area (Å²) in [5.74, 6) is 0. The van der Waals surface area contributed by atoms with Gasteiger partial charge in [0.15, 0.2) is 0 Å². The van der Waals surface area contributed by atoms with E-state index < -0.39 is 0 Å². The summed E-state index contributed by atoms with van der Waals surface area (Å²) < 4.78 is 0. The van der Waals surface area contributed by atoms with Crippen LogP contribution in [0.3, 0.4) is 0 Å². The van der Waals surface area contributed by atoms with Gasteiger partial charge in [0.25, 0.3) is 0 Å². The van der Waals surface area contributed by atoms with Crippen molar-refractivity contribution in [3.63, 3.8) is 0 Å². The second-order valence-corrected chi connectivity index (χ2v) is 3.18. The average Bonchev–Trinajstić information content (AvgIpc) is 2.19. The normalized spacial score (nSPS) is 25.8. The predicted octanol–water partition coefficient (Wildman–Crippen LogP) is 2.52. The Morgan fingerprint density at radius 2 is 1.90 bits per heavy atom. The third-order valence-corrected chi connectivity index (χ3v) is 1.89. The molecule has 0 saturated carbocycles. The maximum atomic E-state index is 2.40. The third kappa shape index (κ3) is 3.89. The first-order chi connectivity index (χ1) is 4.72. The van der Waals surface area contributed by atoms with Gasteiger partial charge >= 0.3 is 0 Å². The van der Waals surface area contributed by atoms with E-state index in [1.54, 1.807) is 0 Å². The maximum Gasteiger partial charge on any atom is 0.00643 e. The number of hydrogen-bond donors (Lipinski definition) is 0. The fourth-order valence-corrected chi connectivity index (χ4v) is 1.08. The molecule has 1 aliphatic heterocycles. The molecule has 10 heavy (non-hydrogen) atoms. The largest absolute Gasteiger partial charge is 0.304 e. The molecule has 62 valence electrons. The van der Waals surface area contributed by atoms with E-state index in [1.807, 2.05) is 0 Å². The zero-order chi connectivity index (χ0) is 7.98. The monoisotopic (exact) mass is 143 g/mol. The molecule has 0 aromatic carbocycles. The van der Waals surface area contributed by atoms with Gasteiger partial charge in [-0.3, -0.25) is 0 Å². The molecule has 0 unspecified atom stereocenters. The van der Waals surface area contributed by atoms with E-state index in [2.05, 4.69) is 32.7 Å². The van der Waals surface area contributed by atoms with Crippen molar-refractivity contribution in [2.75, 3.05) is 13.6 Å². The van der Waals surface area contributed by atoms with Gasteiger partial charge in [0.05, 0.1) is 0 Å². The molecular formula is C9H21N. The van der Waals surface area contributed by atoms with Gasteiger partial charge in [0.2, 0.25) is 0 Å². The van der Waals surface area contributed by atoms with Crippen molar-refractivity contribution in [3.8, 4) is 0 Å². The molecule has 1 aliphatic rings. The molecule has 1 heteroatoms. The van der Waals surface area contributed by atoms with E-state index in [0.29, 0.717) is 0 Å². The van der Waals surface area contributed by atoms with Crippen molar-refractivity contribution in [2.24, 2.45) is 0 Å². The van der Waals surface area contributed by atoms with Crippen LogP contribution in [0.2, 0.25) is 0 Å². The summed E-state index contributed by atoms with van der Waals surface area (Å²) in [5.41, 5.74) is 0. The molecule has 1 heterocycles. The van der Waals surface area contributed by atoms with Gasteiger partial charge in [-0.05, 0) is 33.4 Å². The quantitative estimate of drug-likeness (QED) is 0.503. The molecule has 0 radical (unpaired) electrons. The van der Waals surface area contributed by atoms with Crippen LogP contribution in [0, 0.1) is 0 Å². The predicted molar refractivity (Wildman–Crippen MR) is 47.3 cm³/mol. The van der Waals surface area contributed by atoms with Crippen LogP contribution >= 0.6 is 0 Å². The van der Waals surface area contributed by atoms with Crippen molar-refractivity contribution in [1.29, 1.82) is 0 Å². The molecule has 0 aromatic rings. The number of hydrogen-bond acceptors (Lipinski definition) is 1. The highest BCUT2D eigenvalue weighted by Crippen LogP contribution is 2.12. The Kier molecular flexibility index (Phi) is 5.70. The molecule has 0 amide bonds. The van der Waals surface area contributed by atoms with Gasteiger partial charge in [-0.1, -0.05) is 20.3 Å². The molecule has 0 aliphatic carbocycles. The van der Waals surface area contributed by atoms with Crippen molar-refractivity contribution in [2.45, 2.75) is 46.1 Å². The minimum atomic E-state index is 0.847. The lowest BCUT2D eigenvalue weighted by Gasteiger charge is -2.12. The molecule has 1 atom stereocenters. The van der Waals surface area contributed by atoms with Crippen molar-refractivity contribution in [1.82, 2.24) is 4.90 Å². The molecule has 1 rings (SSSR count). The average molecular weight is 143 g/mol. The van der Waals surface area contributed by atoms with Crippen molar-refractivity contribution in [3.05, 3.63) is 0 Å². The first-order valence-electron chi connectivity index (χ1n) is 4.42. The molecule has 0 spiro atoms. The van der Waals surface area contributed by atoms with Crippen LogP contribution in [-0.2, 0) is 0 Å². The highest BCUT2D eigenvalue weighted by atomic mass is 15.1. The van der Waals surface area contributed by atoms with Gasteiger partial charge < -0.3 is 4.90 Å². The lowest BCUT2D eigenvalue weighted by molar-refractivity contribution is 0.331. The van der Waals surface area contributed by atoms with Crippen LogP contribution in [0.4, 0.5) is 0 Å². The van der Waals surface area contributed by atoms with E-state index in [-0.39, 0.29) is 0 Å². The fraction of sp³-hybridized carbons (Fsp3) is 1.00. The number of rotatable bonds is 0. The maximum absolute atomic E-state index is 2.40. The highest BCUT2D eigenvalue weighted by Gasteiger charge is 2.14. The lowest BCUT2D eigenvalue weighted by Crippen LogP contribution is -2.20. The van der Waals surface area contributed by atoms with E-state index in [9.17, 15) is 0 Å². The summed E-state index contributed by atoms with van der Waals surface area (Å²) in [6, 6.07) is 0.847. The van der Waals surface area contributed by atoms with E-state index in [1.165, 1.54) is 25.8 Å². The summed E-state index contributed by atoms with van der Waals surface area (Å²) >= 11 is 0. The van der Waals surface area contributed by atoms with E-state index >= 15 is 0 Å². The Bertz CT molecular complexity index is 63.1. The SMILES string of the molecule is CCC.C[C@@H]1CCCN1C. The van der Waals surface area contributed by atoms with Crippen LogP contribution in [0.5, 0.6) is 0 Å². The minimum Gasteiger partial charge on any atom is -0.304 e.